The summed E-state index contributed by atoms with van der Waals surface area (Å²) in [4.78, 5) is 0. The van der Waals surface area contributed by atoms with Gasteiger partial charge < -0.3 is 14.8 Å². The molecule has 1 aromatic rings. The van der Waals surface area contributed by atoms with Crippen LogP contribution in [0.5, 0.6) is 5.75 Å². The number of halogens is 1. The van der Waals surface area contributed by atoms with Gasteiger partial charge in [-0.15, -0.1) is 0 Å². The molecule has 1 atom stereocenters. The minimum Gasteiger partial charge on any atom is -0.496 e. The fourth-order valence-corrected chi connectivity index (χ4v) is 2.68. The Morgan fingerprint density at radius 2 is 2.00 bits per heavy atom. The first-order valence-corrected chi connectivity index (χ1v) is 8.64. The SMILES string of the molecule is CCCNC(CCOCCC)Cc1cc(Br)ccc1OC. The molecule has 0 aromatic heterocycles. The molecule has 0 radical (unpaired) electrons. The van der Waals surface area contributed by atoms with Gasteiger partial charge in [-0.1, -0.05) is 29.8 Å². The lowest BCUT2D eigenvalue weighted by atomic mass is 10.0. The van der Waals surface area contributed by atoms with Gasteiger partial charge in [-0.05, 0) is 56.0 Å². The van der Waals surface area contributed by atoms with Crippen molar-refractivity contribution in [2.75, 3.05) is 26.9 Å². The fraction of sp³-hybridized carbons (Fsp3) is 0.647. The lowest BCUT2D eigenvalue weighted by Crippen LogP contribution is -2.33. The van der Waals surface area contributed by atoms with Gasteiger partial charge >= 0.3 is 0 Å². The van der Waals surface area contributed by atoms with E-state index in [2.05, 4.69) is 41.2 Å². The van der Waals surface area contributed by atoms with Crippen LogP contribution >= 0.6 is 15.9 Å². The molecule has 0 bridgehead atoms. The van der Waals surface area contributed by atoms with Crippen LogP contribution in [0.15, 0.2) is 22.7 Å². The molecule has 0 saturated heterocycles. The van der Waals surface area contributed by atoms with Gasteiger partial charge in [-0.2, -0.15) is 0 Å². The van der Waals surface area contributed by atoms with Crippen molar-refractivity contribution in [3.63, 3.8) is 0 Å². The zero-order chi connectivity index (χ0) is 15.5. The predicted octanol–water partition coefficient (Wildman–Crippen LogP) is 4.19. The van der Waals surface area contributed by atoms with Crippen molar-refractivity contribution >= 4 is 15.9 Å². The van der Waals surface area contributed by atoms with Crippen molar-refractivity contribution in [2.45, 2.75) is 45.6 Å². The minimum atomic E-state index is 0.421. The maximum absolute atomic E-state index is 5.63. The molecule has 120 valence electrons. The van der Waals surface area contributed by atoms with Gasteiger partial charge in [0.05, 0.1) is 7.11 Å². The van der Waals surface area contributed by atoms with Crippen molar-refractivity contribution in [3.05, 3.63) is 28.2 Å². The second-order valence-corrected chi connectivity index (χ2v) is 6.13. The predicted molar refractivity (Wildman–Crippen MR) is 92.2 cm³/mol. The first kappa shape index (κ1) is 18.5. The quantitative estimate of drug-likeness (QED) is 0.602. The molecule has 1 unspecified atom stereocenters. The molecule has 3 nitrogen and oxygen atoms in total. The van der Waals surface area contributed by atoms with Crippen LogP contribution in [0.1, 0.15) is 38.7 Å². The Hall–Kier alpha value is -0.580. The zero-order valence-corrected chi connectivity index (χ0v) is 15.0. The lowest BCUT2D eigenvalue weighted by Gasteiger charge is -2.20. The third-order valence-corrected chi connectivity index (χ3v) is 3.84. The van der Waals surface area contributed by atoms with Crippen molar-refractivity contribution in [1.82, 2.24) is 5.32 Å². The standard InChI is InChI=1S/C17H28BrNO2/c1-4-9-19-16(8-11-21-10-5-2)13-14-12-15(18)6-7-17(14)20-3/h6-7,12,16,19H,4-5,8-11,13H2,1-3H3. The number of benzene rings is 1. The van der Waals surface area contributed by atoms with E-state index < -0.39 is 0 Å². The van der Waals surface area contributed by atoms with Crippen LogP contribution in [-0.4, -0.2) is 32.9 Å². The molecule has 1 rings (SSSR count). The van der Waals surface area contributed by atoms with Gasteiger partial charge in [-0.25, -0.2) is 0 Å². The van der Waals surface area contributed by atoms with E-state index in [-0.39, 0.29) is 0 Å². The molecular weight excluding hydrogens is 330 g/mol. The van der Waals surface area contributed by atoms with E-state index in [9.17, 15) is 0 Å². The molecule has 0 aliphatic rings. The van der Waals surface area contributed by atoms with Gasteiger partial charge in [0.15, 0.2) is 0 Å². The van der Waals surface area contributed by atoms with E-state index in [4.69, 9.17) is 9.47 Å². The van der Waals surface area contributed by atoms with E-state index in [0.29, 0.717) is 6.04 Å². The summed E-state index contributed by atoms with van der Waals surface area (Å²) in [6.07, 6.45) is 4.20. The third kappa shape index (κ3) is 7.30. The molecule has 1 N–H and O–H groups in total. The molecule has 4 heteroatoms. The zero-order valence-electron chi connectivity index (χ0n) is 13.5. The summed E-state index contributed by atoms with van der Waals surface area (Å²) < 4.78 is 12.2. The Balaban J connectivity index is 2.63. The second kappa shape index (κ2) is 11.0. The molecule has 0 aliphatic carbocycles. The van der Waals surface area contributed by atoms with Crippen molar-refractivity contribution in [3.8, 4) is 5.75 Å². The van der Waals surface area contributed by atoms with E-state index in [1.54, 1.807) is 7.11 Å². The number of methoxy groups -OCH3 is 1. The highest BCUT2D eigenvalue weighted by Crippen LogP contribution is 2.24. The Morgan fingerprint density at radius 1 is 1.19 bits per heavy atom. The molecule has 0 amide bonds. The van der Waals surface area contributed by atoms with Crippen LogP contribution in [0.25, 0.3) is 0 Å². The normalized spacial score (nSPS) is 12.4. The summed E-state index contributed by atoms with van der Waals surface area (Å²) in [6.45, 7) is 7.03. The topological polar surface area (TPSA) is 30.5 Å². The molecule has 0 saturated carbocycles. The summed E-state index contributed by atoms with van der Waals surface area (Å²) >= 11 is 3.54. The molecule has 0 aliphatic heterocycles. The van der Waals surface area contributed by atoms with Gasteiger partial charge in [0.1, 0.15) is 5.75 Å². The summed E-state index contributed by atoms with van der Waals surface area (Å²) in [7, 11) is 1.73. The van der Waals surface area contributed by atoms with Crippen LogP contribution in [0.3, 0.4) is 0 Å². The second-order valence-electron chi connectivity index (χ2n) is 5.21. The van der Waals surface area contributed by atoms with Crippen LogP contribution in [-0.2, 0) is 11.2 Å². The number of nitrogens with one attached hydrogen (secondary N) is 1. The highest BCUT2D eigenvalue weighted by Gasteiger charge is 2.12. The van der Waals surface area contributed by atoms with Gasteiger partial charge in [0.2, 0.25) is 0 Å². The number of hydrogen-bond donors (Lipinski definition) is 1. The molecule has 0 heterocycles. The number of rotatable bonds is 11. The summed E-state index contributed by atoms with van der Waals surface area (Å²) in [5.41, 5.74) is 1.23. The minimum absolute atomic E-state index is 0.421. The Morgan fingerprint density at radius 3 is 2.67 bits per heavy atom. The van der Waals surface area contributed by atoms with E-state index in [0.717, 1.165) is 55.7 Å². The van der Waals surface area contributed by atoms with Crippen LogP contribution in [0.4, 0.5) is 0 Å². The average Bonchev–Trinajstić information content (AvgIpc) is 2.49. The highest BCUT2D eigenvalue weighted by atomic mass is 79.9. The number of ether oxygens (including phenoxy) is 2. The fourth-order valence-electron chi connectivity index (χ4n) is 2.27. The molecule has 0 spiro atoms. The van der Waals surface area contributed by atoms with Gasteiger partial charge in [0.25, 0.3) is 0 Å². The van der Waals surface area contributed by atoms with Crippen molar-refractivity contribution in [1.29, 1.82) is 0 Å². The maximum atomic E-state index is 5.63. The molecule has 0 fully saturated rings. The number of hydrogen-bond acceptors (Lipinski definition) is 3. The van der Waals surface area contributed by atoms with Crippen molar-refractivity contribution in [2.24, 2.45) is 0 Å². The summed E-state index contributed by atoms with van der Waals surface area (Å²) in [5.74, 6) is 0.955. The lowest BCUT2D eigenvalue weighted by molar-refractivity contribution is 0.124. The van der Waals surface area contributed by atoms with Gasteiger partial charge in [-0.3, -0.25) is 0 Å². The Kier molecular flexibility index (Phi) is 9.72. The largest absolute Gasteiger partial charge is 0.496 e. The van der Waals surface area contributed by atoms with E-state index in [1.165, 1.54) is 5.56 Å². The van der Waals surface area contributed by atoms with Crippen molar-refractivity contribution < 1.29 is 9.47 Å². The van der Waals surface area contributed by atoms with E-state index >= 15 is 0 Å². The Labute approximate surface area is 137 Å². The third-order valence-electron chi connectivity index (χ3n) is 3.35. The summed E-state index contributed by atoms with van der Waals surface area (Å²) in [5, 5.41) is 3.61. The molecule has 1 aromatic carbocycles. The Bertz CT molecular complexity index is 398. The smallest absolute Gasteiger partial charge is 0.122 e. The maximum Gasteiger partial charge on any atom is 0.122 e. The van der Waals surface area contributed by atoms with Crippen LogP contribution in [0.2, 0.25) is 0 Å². The van der Waals surface area contributed by atoms with E-state index in [1.807, 2.05) is 12.1 Å². The van der Waals surface area contributed by atoms with Crippen LogP contribution in [0, 0.1) is 0 Å². The first-order chi connectivity index (χ1) is 10.2. The highest BCUT2D eigenvalue weighted by molar-refractivity contribution is 9.10. The molecular formula is C17H28BrNO2. The first-order valence-electron chi connectivity index (χ1n) is 7.84. The molecule has 21 heavy (non-hydrogen) atoms. The van der Waals surface area contributed by atoms with Gasteiger partial charge in [0, 0.05) is 23.7 Å². The summed E-state index contributed by atoms with van der Waals surface area (Å²) in [6, 6.07) is 6.60. The average molecular weight is 358 g/mol. The van der Waals surface area contributed by atoms with Crippen LogP contribution < -0.4 is 10.1 Å². The monoisotopic (exact) mass is 357 g/mol.